The maximum atomic E-state index is 6.38. The average molecular weight is 509 g/mol. The highest BCUT2D eigenvalue weighted by Gasteiger charge is 2.18. The molecule has 0 unspecified atom stereocenters. The largest absolute Gasteiger partial charge is 0.309 e. The Balaban J connectivity index is 1.51. The number of aromatic nitrogens is 4. The Morgan fingerprint density at radius 2 is 1.13 bits per heavy atom. The van der Waals surface area contributed by atoms with E-state index in [2.05, 4.69) is 99.5 Å². The van der Waals surface area contributed by atoms with E-state index in [0.29, 0.717) is 11.6 Å². The first-order chi connectivity index (χ1) is 18.8. The predicted octanol–water partition coefficient (Wildman–Crippen LogP) is 8.62. The van der Waals surface area contributed by atoms with Crippen molar-refractivity contribution in [1.29, 1.82) is 0 Å². The molecule has 38 heavy (non-hydrogen) atoms. The molecule has 0 N–H and O–H groups in total. The molecule has 0 radical (unpaired) electrons. The fourth-order valence-electron chi connectivity index (χ4n) is 5.12. The van der Waals surface area contributed by atoms with Gasteiger partial charge in [-0.15, -0.1) is 0 Å². The van der Waals surface area contributed by atoms with Crippen molar-refractivity contribution in [1.82, 2.24) is 19.5 Å². The minimum atomic E-state index is 0.170. The number of fused-ring (bicyclic) bond motifs is 3. The third kappa shape index (κ3) is 3.83. The van der Waals surface area contributed by atoms with Crippen molar-refractivity contribution in [2.45, 2.75) is 0 Å². The lowest BCUT2D eigenvalue weighted by Crippen LogP contribution is -1.98. The van der Waals surface area contributed by atoms with Gasteiger partial charge in [0.2, 0.25) is 5.28 Å². The van der Waals surface area contributed by atoms with Gasteiger partial charge in [-0.2, -0.15) is 9.97 Å². The molecule has 4 nitrogen and oxygen atoms in total. The first-order valence-corrected chi connectivity index (χ1v) is 12.8. The van der Waals surface area contributed by atoms with Crippen LogP contribution in [0.5, 0.6) is 0 Å². The molecule has 0 aliphatic heterocycles. The van der Waals surface area contributed by atoms with Crippen molar-refractivity contribution in [3.63, 3.8) is 0 Å². The number of para-hydroxylation sites is 1. The van der Waals surface area contributed by atoms with E-state index in [9.17, 15) is 0 Å². The predicted molar refractivity (Wildman–Crippen MR) is 155 cm³/mol. The van der Waals surface area contributed by atoms with Gasteiger partial charge in [-0.1, -0.05) is 103 Å². The van der Waals surface area contributed by atoms with Crippen LogP contribution in [0.3, 0.4) is 0 Å². The summed E-state index contributed by atoms with van der Waals surface area (Å²) in [6, 6.07) is 43.7. The third-order valence-corrected chi connectivity index (χ3v) is 6.96. The van der Waals surface area contributed by atoms with Crippen LogP contribution in [0.25, 0.3) is 61.4 Å². The zero-order chi connectivity index (χ0) is 25.5. The van der Waals surface area contributed by atoms with E-state index >= 15 is 0 Å². The van der Waals surface area contributed by atoms with Crippen molar-refractivity contribution >= 4 is 33.4 Å². The van der Waals surface area contributed by atoms with Crippen molar-refractivity contribution in [3.05, 3.63) is 133 Å². The Labute approximate surface area is 224 Å². The minimum Gasteiger partial charge on any atom is -0.309 e. The molecule has 0 amide bonds. The Morgan fingerprint density at radius 3 is 1.84 bits per heavy atom. The lowest BCUT2D eigenvalue weighted by atomic mass is 9.99. The maximum Gasteiger partial charge on any atom is 0.226 e. The maximum absolute atomic E-state index is 6.38. The van der Waals surface area contributed by atoms with Crippen LogP contribution in [0.15, 0.2) is 127 Å². The fraction of sp³-hybridized carbons (Fsp3) is 0. The molecular formula is C33H21ClN4. The van der Waals surface area contributed by atoms with Crippen LogP contribution in [0.1, 0.15) is 0 Å². The molecule has 0 atom stereocenters. The van der Waals surface area contributed by atoms with E-state index in [1.807, 2.05) is 42.5 Å². The number of halogens is 1. The Hall–Kier alpha value is -4.80. The Morgan fingerprint density at radius 1 is 0.500 bits per heavy atom. The van der Waals surface area contributed by atoms with E-state index in [-0.39, 0.29) is 5.28 Å². The minimum absolute atomic E-state index is 0.170. The molecule has 0 aliphatic carbocycles. The third-order valence-electron chi connectivity index (χ3n) is 6.79. The van der Waals surface area contributed by atoms with Gasteiger partial charge in [0.05, 0.1) is 11.0 Å². The van der Waals surface area contributed by atoms with Gasteiger partial charge in [-0.25, -0.2) is 4.98 Å². The number of nitrogens with zero attached hydrogens (tertiary/aromatic N) is 4. The number of rotatable bonds is 4. The topological polar surface area (TPSA) is 43.6 Å². The van der Waals surface area contributed by atoms with Crippen molar-refractivity contribution in [3.8, 4) is 39.6 Å². The summed E-state index contributed by atoms with van der Waals surface area (Å²) in [5, 5.41) is 2.54. The van der Waals surface area contributed by atoms with Gasteiger partial charge in [-0.05, 0) is 47.0 Å². The quantitative estimate of drug-likeness (QED) is 0.239. The van der Waals surface area contributed by atoms with Crippen molar-refractivity contribution in [2.75, 3.05) is 0 Å². The molecule has 0 saturated heterocycles. The highest BCUT2D eigenvalue weighted by molar-refractivity contribution is 6.28. The SMILES string of the molecule is Clc1nc(-c2ccccc2)nc(-c2ccc3c4c(-c5ccccc5)cccc4n(-c4ccccc4)c3c2)n1. The molecule has 5 aromatic carbocycles. The van der Waals surface area contributed by atoms with Gasteiger partial charge >= 0.3 is 0 Å². The lowest BCUT2D eigenvalue weighted by molar-refractivity contribution is 1.07. The first-order valence-electron chi connectivity index (χ1n) is 12.4. The summed E-state index contributed by atoms with van der Waals surface area (Å²) in [6.07, 6.45) is 0. The van der Waals surface area contributed by atoms with Crippen LogP contribution in [0.2, 0.25) is 5.28 Å². The van der Waals surface area contributed by atoms with Crippen LogP contribution in [0.4, 0.5) is 0 Å². The Bertz CT molecular complexity index is 1910. The molecule has 180 valence electrons. The second kappa shape index (κ2) is 9.25. The fourth-order valence-corrected chi connectivity index (χ4v) is 5.28. The summed E-state index contributed by atoms with van der Waals surface area (Å²) in [4.78, 5) is 13.7. The van der Waals surface area contributed by atoms with E-state index in [0.717, 1.165) is 33.2 Å². The smallest absolute Gasteiger partial charge is 0.226 e. The number of benzene rings is 5. The molecule has 0 fully saturated rings. The summed E-state index contributed by atoms with van der Waals surface area (Å²) in [5.41, 5.74) is 7.46. The standard InChI is InChI=1S/C33H21ClN4/c34-33-36-31(23-13-6-2-7-14-23)35-32(37-33)24-19-20-27-29(21-24)38(25-15-8-3-9-16-25)28-18-10-17-26(30(27)28)22-11-4-1-5-12-22/h1-21H. The van der Waals surface area contributed by atoms with Crippen LogP contribution in [-0.4, -0.2) is 19.5 Å². The monoisotopic (exact) mass is 508 g/mol. The summed E-state index contributed by atoms with van der Waals surface area (Å²) in [5.74, 6) is 1.09. The van der Waals surface area contributed by atoms with Gasteiger partial charge in [0.15, 0.2) is 11.6 Å². The average Bonchev–Trinajstić information content (AvgIpc) is 3.32. The molecule has 2 heterocycles. The molecular weight excluding hydrogens is 488 g/mol. The van der Waals surface area contributed by atoms with Crippen LogP contribution >= 0.6 is 11.6 Å². The van der Waals surface area contributed by atoms with E-state index in [1.54, 1.807) is 0 Å². The zero-order valence-electron chi connectivity index (χ0n) is 20.3. The van der Waals surface area contributed by atoms with E-state index in [4.69, 9.17) is 16.6 Å². The Kier molecular flexibility index (Phi) is 5.46. The molecule has 0 bridgehead atoms. The van der Waals surface area contributed by atoms with Gasteiger partial charge in [0.25, 0.3) is 0 Å². The summed E-state index contributed by atoms with van der Waals surface area (Å²) in [6.45, 7) is 0. The second-order valence-electron chi connectivity index (χ2n) is 9.09. The second-order valence-corrected chi connectivity index (χ2v) is 9.42. The highest BCUT2D eigenvalue weighted by atomic mass is 35.5. The summed E-state index contributed by atoms with van der Waals surface area (Å²) in [7, 11) is 0. The van der Waals surface area contributed by atoms with Crippen LogP contribution in [0, 0.1) is 0 Å². The first kappa shape index (κ1) is 22.4. The number of hydrogen-bond donors (Lipinski definition) is 0. The lowest BCUT2D eigenvalue weighted by Gasteiger charge is -2.09. The van der Waals surface area contributed by atoms with Gasteiger partial charge in [0.1, 0.15) is 0 Å². The molecule has 7 rings (SSSR count). The highest BCUT2D eigenvalue weighted by Crippen LogP contribution is 2.39. The molecule has 2 aromatic heterocycles. The van der Waals surface area contributed by atoms with Crippen molar-refractivity contribution in [2.24, 2.45) is 0 Å². The number of hydrogen-bond acceptors (Lipinski definition) is 3. The normalized spacial score (nSPS) is 11.3. The van der Waals surface area contributed by atoms with Gasteiger partial charge in [-0.3, -0.25) is 0 Å². The van der Waals surface area contributed by atoms with E-state index < -0.39 is 0 Å². The van der Waals surface area contributed by atoms with Crippen LogP contribution < -0.4 is 0 Å². The summed E-state index contributed by atoms with van der Waals surface area (Å²) < 4.78 is 2.31. The molecule has 7 aromatic rings. The molecule has 0 aliphatic rings. The van der Waals surface area contributed by atoms with E-state index in [1.165, 1.54) is 16.5 Å². The molecule has 0 saturated carbocycles. The zero-order valence-corrected chi connectivity index (χ0v) is 21.0. The van der Waals surface area contributed by atoms with Gasteiger partial charge in [0, 0.05) is 27.6 Å². The summed E-state index contributed by atoms with van der Waals surface area (Å²) >= 11 is 6.38. The van der Waals surface area contributed by atoms with Gasteiger partial charge < -0.3 is 4.57 Å². The molecule has 0 spiro atoms. The molecule has 5 heteroatoms. The van der Waals surface area contributed by atoms with Crippen molar-refractivity contribution < 1.29 is 0 Å². The van der Waals surface area contributed by atoms with Crippen LogP contribution in [-0.2, 0) is 0 Å².